The highest BCUT2D eigenvalue weighted by molar-refractivity contribution is 5.87. The molecule has 9 atom stereocenters. The van der Waals surface area contributed by atoms with Crippen molar-refractivity contribution >= 4 is 18.0 Å². The molecule has 45 heavy (non-hydrogen) atoms. The van der Waals surface area contributed by atoms with Gasteiger partial charge >= 0.3 is 11.9 Å². The number of fused-ring (bicyclic) bond motifs is 7. The van der Waals surface area contributed by atoms with E-state index in [2.05, 4.69) is 54.5 Å². The van der Waals surface area contributed by atoms with Crippen LogP contribution in [-0.4, -0.2) is 39.5 Å². The van der Waals surface area contributed by atoms with Gasteiger partial charge in [-0.2, -0.15) is 0 Å². The van der Waals surface area contributed by atoms with Crippen LogP contribution in [0, 0.1) is 50.2 Å². The standard InChI is InChI=1S/C39H54O6/c1-34(2)18-20-39(33(43)44)21-19-37(6)26(27(39)22-34)13-14-30-36(5)23-28(41)32(35(3,4)29(36)16-17-38(30,37)7)45-31(42)15-10-24-8-11-25(40)12-9-24/h8-13,15,27-30,32,40-41H,14,16-23H2,1-7H3,(H,43,44)/b15-10+/t27?,28-,29?,30?,32+,36-,37+,38+,39-/m0/s1. The van der Waals surface area contributed by atoms with Crippen molar-refractivity contribution < 1.29 is 29.6 Å². The zero-order chi connectivity index (χ0) is 32.8. The number of aliphatic carboxylic acids is 1. The molecule has 0 aliphatic heterocycles. The number of aliphatic hydroxyl groups excluding tert-OH is 1. The summed E-state index contributed by atoms with van der Waals surface area (Å²) in [5.41, 5.74) is 0.991. The van der Waals surface area contributed by atoms with Crippen molar-refractivity contribution in [3.63, 3.8) is 0 Å². The third-order valence-corrected chi connectivity index (χ3v) is 14.5. The van der Waals surface area contributed by atoms with Gasteiger partial charge in [-0.05, 0) is 121 Å². The molecule has 0 spiro atoms. The molecule has 6 heteroatoms. The van der Waals surface area contributed by atoms with Gasteiger partial charge < -0.3 is 20.1 Å². The predicted octanol–water partition coefficient (Wildman–Crippen LogP) is 8.17. The number of ether oxygens (including phenoxy) is 1. The molecular weight excluding hydrogens is 564 g/mol. The molecule has 0 amide bonds. The van der Waals surface area contributed by atoms with Crippen LogP contribution in [0.3, 0.4) is 0 Å². The van der Waals surface area contributed by atoms with Crippen molar-refractivity contribution in [1.82, 2.24) is 0 Å². The van der Waals surface area contributed by atoms with Gasteiger partial charge in [-0.25, -0.2) is 4.79 Å². The van der Waals surface area contributed by atoms with E-state index in [1.807, 2.05) is 0 Å². The number of rotatable bonds is 4. The minimum absolute atomic E-state index is 0.0131. The molecule has 3 N–H and O–H groups in total. The lowest BCUT2D eigenvalue weighted by molar-refractivity contribution is -0.238. The summed E-state index contributed by atoms with van der Waals surface area (Å²) in [5, 5.41) is 31.9. The molecule has 246 valence electrons. The number of aliphatic hydroxyl groups is 1. The fourth-order valence-electron chi connectivity index (χ4n) is 11.9. The van der Waals surface area contributed by atoms with Crippen LogP contribution in [0.25, 0.3) is 6.08 Å². The zero-order valence-electron chi connectivity index (χ0n) is 28.4. The SMILES string of the molecule is CC1(C)CC[C@]2(C(=O)O)CC[C@]3(C)C(=CCC4[C@@]5(C)C[C@H](O)[C@@H](OC(=O)/C=C/c6ccc(O)cc6)C(C)(C)C5CC[C@]43C)C2C1. The van der Waals surface area contributed by atoms with Crippen LogP contribution >= 0.6 is 0 Å². The van der Waals surface area contributed by atoms with Gasteiger partial charge in [0.2, 0.25) is 0 Å². The molecule has 0 bridgehead atoms. The van der Waals surface area contributed by atoms with Gasteiger partial charge in [0, 0.05) is 11.5 Å². The maximum atomic E-state index is 13.0. The smallest absolute Gasteiger partial charge is 0.331 e. The van der Waals surface area contributed by atoms with Gasteiger partial charge in [-0.3, -0.25) is 4.79 Å². The van der Waals surface area contributed by atoms with E-state index in [-0.39, 0.29) is 39.2 Å². The van der Waals surface area contributed by atoms with Crippen molar-refractivity contribution in [3.05, 3.63) is 47.6 Å². The van der Waals surface area contributed by atoms with Crippen molar-refractivity contribution in [1.29, 1.82) is 0 Å². The molecule has 0 radical (unpaired) electrons. The maximum Gasteiger partial charge on any atom is 0.331 e. The highest BCUT2D eigenvalue weighted by Gasteiger charge is 2.70. The summed E-state index contributed by atoms with van der Waals surface area (Å²) in [5.74, 6) is -0.230. The largest absolute Gasteiger partial charge is 0.508 e. The Kier molecular flexibility index (Phi) is 7.51. The molecule has 5 aliphatic carbocycles. The van der Waals surface area contributed by atoms with Crippen LogP contribution in [0.4, 0.5) is 0 Å². The second kappa shape index (κ2) is 10.5. The molecule has 4 fully saturated rings. The summed E-state index contributed by atoms with van der Waals surface area (Å²) in [6.07, 6.45) is 12.0. The fraction of sp³-hybridized carbons (Fsp3) is 0.692. The summed E-state index contributed by atoms with van der Waals surface area (Å²) in [6, 6.07) is 6.62. The van der Waals surface area contributed by atoms with E-state index in [0.29, 0.717) is 12.3 Å². The van der Waals surface area contributed by atoms with E-state index in [1.54, 1.807) is 30.3 Å². The molecule has 0 heterocycles. The third kappa shape index (κ3) is 4.74. The Hall–Kier alpha value is -2.60. The number of carboxylic acids is 1. The molecule has 1 aromatic carbocycles. The third-order valence-electron chi connectivity index (χ3n) is 14.5. The number of allylic oxidation sites excluding steroid dienone is 2. The van der Waals surface area contributed by atoms with Crippen LogP contribution in [0.5, 0.6) is 5.75 Å². The van der Waals surface area contributed by atoms with Crippen LogP contribution in [0.2, 0.25) is 0 Å². The lowest BCUT2D eigenvalue weighted by Crippen LogP contribution is -2.67. The number of benzene rings is 1. The first kappa shape index (κ1) is 32.3. The highest BCUT2D eigenvalue weighted by atomic mass is 16.6. The van der Waals surface area contributed by atoms with Gasteiger partial charge in [0.05, 0.1) is 11.5 Å². The molecule has 1 aromatic rings. The van der Waals surface area contributed by atoms with Crippen LogP contribution in [-0.2, 0) is 14.3 Å². The molecule has 4 saturated carbocycles. The summed E-state index contributed by atoms with van der Waals surface area (Å²) in [6.45, 7) is 16.3. The quantitative estimate of drug-likeness (QED) is 0.179. The number of esters is 1. The average Bonchev–Trinajstić information content (AvgIpc) is 2.94. The summed E-state index contributed by atoms with van der Waals surface area (Å²) >= 11 is 0. The first-order valence-corrected chi connectivity index (χ1v) is 17.2. The number of carbonyl (C=O) groups excluding carboxylic acids is 1. The molecule has 3 unspecified atom stereocenters. The van der Waals surface area contributed by atoms with E-state index in [0.717, 1.165) is 56.9 Å². The Labute approximate surface area is 269 Å². The number of hydrogen-bond donors (Lipinski definition) is 3. The van der Waals surface area contributed by atoms with E-state index >= 15 is 0 Å². The number of phenols is 1. The molecule has 5 aliphatic rings. The zero-order valence-corrected chi connectivity index (χ0v) is 28.4. The number of carbonyl (C=O) groups is 2. The van der Waals surface area contributed by atoms with Crippen molar-refractivity contribution in [3.8, 4) is 5.75 Å². The van der Waals surface area contributed by atoms with Crippen molar-refractivity contribution in [2.75, 3.05) is 0 Å². The summed E-state index contributed by atoms with van der Waals surface area (Å²) < 4.78 is 6.04. The highest BCUT2D eigenvalue weighted by Crippen LogP contribution is 2.75. The van der Waals surface area contributed by atoms with Gasteiger partial charge in [0.25, 0.3) is 0 Å². The van der Waals surface area contributed by atoms with Gasteiger partial charge in [-0.15, -0.1) is 0 Å². The van der Waals surface area contributed by atoms with E-state index in [9.17, 15) is 24.9 Å². The van der Waals surface area contributed by atoms with Crippen LogP contribution in [0.15, 0.2) is 42.0 Å². The molecule has 0 saturated heterocycles. The number of hydrogen-bond acceptors (Lipinski definition) is 5. The van der Waals surface area contributed by atoms with Gasteiger partial charge in [0.15, 0.2) is 0 Å². The number of carboxylic acid groups (broad SMARTS) is 1. The second-order valence-electron chi connectivity index (χ2n) is 17.6. The number of aromatic hydroxyl groups is 1. The second-order valence-corrected chi connectivity index (χ2v) is 17.6. The topological polar surface area (TPSA) is 104 Å². The molecule has 0 aromatic heterocycles. The van der Waals surface area contributed by atoms with Crippen LogP contribution in [0.1, 0.15) is 112 Å². The molecular formula is C39H54O6. The normalized spacial score (nSPS) is 43.2. The first-order valence-electron chi connectivity index (χ1n) is 17.2. The fourth-order valence-corrected chi connectivity index (χ4v) is 11.9. The molecule has 6 nitrogen and oxygen atoms in total. The summed E-state index contributed by atoms with van der Waals surface area (Å²) in [4.78, 5) is 26.0. The predicted molar refractivity (Wildman–Crippen MR) is 175 cm³/mol. The number of phenolic OH excluding ortho intramolecular Hbond substituents is 1. The lowest BCUT2D eigenvalue weighted by Gasteiger charge is -2.71. The minimum atomic E-state index is -0.780. The van der Waals surface area contributed by atoms with Gasteiger partial charge in [-0.1, -0.05) is 72.2 Å². The van der Waals surface area contributed by atoms with Crippen LogP contribution < -0.4 is 0 Å². The Morgan fingerprint density at radius 2 is 1.56 bits per heavy atom. The Morgan fingerprint density at radius 1 is 0.889 bits per heavy atom. The summed E-state index contributed by atoms with van der Waals surface area (Å²) in [7, 11) is 0. The van der Waals surface area contributed by atoms with E-state index in [4.69, 9.17) is 4.74 Å². The van der Waals surface area contributed by atoms with Gasteiger partial charge in [0.1, 0.15) is 11.9 Å². The Bertz CT molecular complexity index is 1420. The Balaban J connectivity index is 1.29. The Morgan fingerprint density at radius 3 is 2.22 bits per heavy atom. The lowest BCUT2D eigenvalue weighted by atomic mass is 9.33. The maximum absolute atomic E-state index is 13.0. The minimum Gasteiger partial charge on any atom is -0.508 e. The van der Waals surface area contributed by atoms with Crippen molar-refractivity contribution in [2.45, 2.75) is 118 Å². The van der Waals surface area contributed by atoms with E-state index in [1.165, 1.54) is 11.6 Å². The van der Waals surface area contributed by atoms with Crippen molar-refractivity contribution in [2.24, 2.45) is 50.2 Å². The van der Waals surface area contributed by atoms with E-state index < -0.39 is 35.0 Å². The average molecular weight is 619 g/mol. The monoisotopic (exact) mass is 618 g/mol. The molecule has 6 rings (SSSR count). The first-order chi connectivity index (χ1) is 20.9.